The van der Waals surface area contributed by atoms with Gasteiger partial charge in [-0.15, -0.1) is 0 Å². The molecule has 57 heavy (non-hydrogen) atoms. The summed E-state index contributed by atoms with van der Waals surface area (Å²) >= 11 is 0. The molecule has 0 unspecified atom stereocenters. The van der Waals surface area contributed by atoms with E-state index in [1.807, 2.05) is 0 Å². The summed E-state index contributed by atoms with van der Waals surface area (Å²) in [5.74, 6) is 0. The fraction of sp³-hybridized carbons (Fsp3) is 0.500. The Morgan fingerprint density at radius 3 is 1.00 bits per heavy atom. The molecule has 0 amide bonds. The second-order valence-corrected chi connectivity index (χ2v) is 27.7. The Morgan fingerprint density at radius 1 is 0.386 bits per heavy atom. The third kappa shape index (κ3) is 6.81. The van der Waals surface area contributed by atoms with Crippen LogP contribution in [0.5, 0.6) is 0 Å². The Balaban J connectivity index is 1.39. The Labute approximate surface area is 348 Å². The lowest BCUT2D eigenvalue weighted by atomic mass is 9.77. The van der Waals surface area contributed by atoms with E-state index in [0.717, 1.165) is 12.8 Å². The quantitative estimate of drug-likeness (QED) is 0.181. The van der Waals surface area contributed by atoms with E-state index in [0.29, 0.717) is 0 Å². The second kappa shape index (κ2) is 13.3. The van der Waals surface area contributed by atoms with Crippen molar-refractivity contribution in [2.75, 3.05) is 0 Å². The highest BCUT2D eigenvalue weighted by atomic mass is 28.3. The van der Waals surface area contributed by atoms with Gasteiger partial charge in [-0.2, -0.15) is 0 Å². The summed E-state index contributed by atoms with van der Waals surface area (Å²) in [6.07, 6.45) is 9.53. The van der Waals surface area contributed by atoms with Crippen molar-refractivity contribution in [1.29, 1.82) is 0 Å². The van der Waals surface area contributed by atoms with Crippen molar-refractivity contribution in [3.63, 3.8) is 0 Å². The van der Waals surface area contributed by atoms with E-state index < -0.39 is 8.07 Å². The standard InChI is InChI=1S/C56H72Si/c1-33-23-37-25-35-19-17-21-45(35)47(39-27-41(53(3,4)5)31-42(28-39)54(6,7)8)49(37)51(33)57(15,16)52-34(2)24-38-26-36-20-18-22-46(36)48(50(38)52)40-29-43(55(9,10)11)32-44(30-40)56(12,13)14/h25-32H,17-24H2,1-16H3. The molecule has 8 rings (SSSR count). The van der Waals surface area contributed by atoms with Crippen LogP contribution >= 0.6 is 0 Å². The van der Waals surface area contributed by atoms with Gasteiger partial charge < -0.3 is 0 Å². The Kier molecular flexibility index (Phi) is 9.41. The molecule has 0 saturated carbocycles. The first kappa shape index (κ1) is 40.4. The molecule has 0 spiro atoms. The molecule has 0 bridgehead atoms. The molecule has 4 aromatic carbocycles. The van der Waals surface area contributed by atoms with Gasteiger partial charge in [-0.1, -0.05) is 156 Å². The molecule has 0 aliphatic heterocycles. The predicted molar refractivity (Wildman–Crippen MR) is 253 cm³/mol. The van der Waals surface area contributed by atoms with Crippen molar-refractivity contribution in [1.82, 2.24) is 0 Å². The maximum Gasteiger partial charge on any atom is 0.113 e. The Hall–Kier alpha value is -3.42. The van der Waals surface area contributed by atoms with Gasteiger partial charge in [0.2, 0.25) is 0 Å². The second-order valence-electron chi connectivity index (χ2n) is 23.4. The molecule has 4 aliphatic rings. The highest BCUT2D eigenvalue weighted by molar-refractivity contribution is 7.09. The van der Waals surface area contributed by atoms with E-state index >= 15 is 0 Å². The molecule has 0 fully saturated rings. The molecular weight excluding hydrogens is 701 g/mol. The molecule has 0 atom stereocenters. The fourth-order valence-electron chi connectivity index (χ4n) is 11.4. The predicted octanol–water partition coefficient (Wildman–Crippen LogP) is 15.3. The zero-order valence-electron chi connectivity index (χ0n) is 38.8. The average Bonchev–Trinajstić information content (AvgIpc) is 3.88. The number of benzene rings is 4. The zero-order valence-corrected chi connectivity index (χ0v) is 39.8. The summed E-state index contributed by atoms with van der Waals surface area (Å²) < 4.78 is 0. The first-order chi connectivity index (χ1) is 26.4. The summed E-state index contributed by atoms with van der Waals surface area (Å²) in [6.45, 7) is 39.2. The number of hydrogen-bond acceptors (Lipinski definition) is 0. The summed E-state index contributed by atoms with van der Waals surface area (Å²) in [7, 11) is -2.30. The minimum Gasteiger partial charge on any atom is -0.0686 e. The fourth-order valence-corrected chi connectivity index (χ4v) is 15.7. The minimum atomic E-state index is -2.30. The van der Waals surface area contributed by atoms with Crippen molar-refractivity contribution in [3.8, 4) is 22.3 Å². The minimum absolute atomic E-state index is 0.0725. The van der Waals surface area contributed by atoms with Gasteiger partial charge in [0.25, 0.3) is 0 Å². The van der Waals surface area contributed by atoms with E-state index in [2.05, 4.69) is 159 Å². The lowest BCUT2D eigenvalue weighted by molar-refractivity contribution is 0.568. The summed E-state index contributed by atoms with van der Waals surface area (Å²) in [4.78, 5) is 0. The first-order valence-corrected chi connectivity index (χ1v) is 25.4. The lowest BCUT2D eigenvalue weighted by Gasteiger charge is -2.34. The van der Waals surface area contributed by atoms with Gasteiger partial charge in [-0.05, 0) is 186 Å². The van der Waals surface area contributed by atoms with Crippen molar-refractivity contribution < 1.29 is 0 Å². The summed E-state index contributed by atoms with van der Waals surface area (Å²) in [5, 5.41) is 3.46. The van der Waals surface area contributed by atoms with Crippen molar-refractivity contribution in [2.24, 2.45) is 0 Å². The van der Waals surface area contributed by atoms with E-state index in [4.69, 9.17) is 0 Å². The number of allylic oxidation sites excluding steroid dienone is 2. The third-order valence-corrected chi connectivity index (χ3v) is 18.2. The van der Waals surface area contributed by atoms with Gasteiger partial charge >= 0.3 is 0 Å². The van der Waals surface area contributed by atoms with Crippen LogP contribution in [0.3, 0.4) is 0 Å². The van der Waals surface area contributed by atoms with Crippen molar-refractivity contribution in [2.45, 2.75) is 183 Å². The summed E-state index contributed by atoms with van der Waals surface area (Å²) in [6, 6.07) is 20.7. The number of aryl methyl sites for hydroxylation is 2. The molecule has 0 saturated heterocycles. The largest absolute Gasteiger partial charge is 0.113 e. The molecule has 300 valence electrons. The molecule has 4 aromatic rings. The Bertz CT molecular complexity index is 2170. The van der Waals surface area contributed by atoms with Crippen molar-refractivity contribution in [3.05, 3.63) is 126 Å². The smallest absolute Gasteiger partial charge is 0.0686 e. The molecule has 0 heterocycles. The van der Waals surface area contributed by atoms with Crippen LogP contribution < -0.4 is 0 Å². The normalized spacial score (nSPS) is 17.1. The van der Waals surface area contributed by atoms with Gasteiger partial charge in [0, 0.05) is 0 Å². The van der Waals surface area contributed by atoms with Crippen LogP contribution in [0.1, 0.15) is 177 Å². The third-order valence-electron chi connectivity index (χ3n) is 14.4. The number of hydrogen-bond donors (Lipinski definition) is 0. The van der Waals surface area contributed by atoms with Crippen LogP contribution in [0.4, 0.5) is 0 Å². The van der Waals surface area contributed by atoms with Crippen LogP contribution in [0, 0.1) is 0 Å². The number of fused-ring (bicyclic) bond motifs is 4. The van der Waals surface area contributed by atoms with E-state index in [9.17, 15) is 0 Å². The maximum atomic E-state index is 2.74. The van der Waals surface area contributed by atoms with Crippen LogP contribution in [-0.4, -0.2) is 8.07 Å². The number of rotatable bonds is 4. The van der Waals surface area contributed by atoms with Crippen LogP contribution in [0.15, 0.2) is 59.7 Å². The molecule has 0 N–H and O–H groups in total. The topological polar surface area (TPSA) is 0 Å². The van der Waals surface area contributed by atoms with Crippen molar-refractivity contribution >= 4 is 18.5 Å². The maximum absolute atomic E-state index is 2.74. The monoisotopic (exact) mass is 773 g/mol. The van der Waals surface area contributed by atoms with E-state index in [1.165, 1.54) is 71.9 Å². The molecule has 1 heteroatoms. The van der Waals surface area contributed by atoms with Gasteiger partial charge in [-0.25, -0.2) is 0 Å². The van der Waals surface area contributed by atoms with Gasteiger partial charge in [0.1, 0.15) is 8.07 Å². The van der Waals surface area contributed by atoms with Gasteiger partial charge in [0.15, 0.2) is 0 Å². The van der Waals surface area contributed by atoms with Crippen LogP contribution in [-0.2, 0) is 60.2 Å². The molecule has 0 aromatic heterocycles. The first-order valence-electron chi connectivity index (χ1n) is 22.4. The average molecular weight is 773 g/mol. The Morgan fingerprint density at radius 2 is 0.702 bits per heavy atom. The highest BCUT2D eigenvalue weighted by Gasteiger charge is 2.44. The molecule has 0 nitrogen and oxygen atoms in total. The van der Waals surface area contributed by atoms with Crippen LogP contribution in [0.25, 0.3) is 32.6 Å². The van der Waals surface area contributed by atoms with Crippen LogP contribution in [0.2, 0.25) is 13.1 Å². The molecular formula is C56H72Si. The van der Waals surface area contributed by atoms with Gasteiger partial charge in [-0.3, -0.25) is 0 Å². The zero-order chi connectivity index (χ0) is 41.4. The lowest BCUT2D eigenvalue weighted by Crippen LogP contribution is -2.32. The summed E-state index contributed by atoms with van der Waals surface area (Å²) in [5.41, 5.74) is 28.4. The van der Waals surface area contributed by atoms with E-state index in [1.54, 1.807) is 77.2 Å². The molecule has 0 radical (unpaired) electrons. The highest BCUT2D eigenvalue weighted by Crippen LogP contribution is 2.56. The SMILES string of the molecule is CC1=C([Si](C)(C)C2=C(C)Cc3cc4c(c(-c5cc(C(C)(C)C)cc(C(C)(C)C)c5)c32)CCC4)c2c(cc3c(c2-c2cc(C(C)(C)C)cc(C(C)(C)C)c2)CCC3)C1. The molecule has 4 aliphatic carbocycles. The van der Waals surface area contributed by atoms with E-state index in [-0.39, 0.29) is 21.7 Å². The van der Waals surface area contributed by atoms with Gasteiger partial charge in [0.05, 0.1) is 0 Å².